The largest absolute Gasteiger partial charge is 0.313 e. The van der Waals surface area contributed by atoms with Crippen LogP contribution in [0, 0.1) is 11.7 Å². The van der Waals surface area contributed by atoms with Crippen molar-refractivity contribution in [1.29, 1.82) is 0 Å². The Bertz CT molecular complexity index is 500. The molecule has 3 rings (SSSR count). The molecule has 1 aliphatic heterocycles. The molecule has 1 saturated heterocycles. The van der Waals surface area contributed by atoms with E-state index in [1.807, 2.05) is 12.1 Å². The Morgan fingerprint density at radius 2 is 2.06 bits per heavy atom. The van der Waals surface area contributed by atoms with E-state index < -0.39 is 0 Å². The molecule has 1 aromatic rings. The van der Waals surface area contributed by atoms with E-state index in [0.717, 1.165) is 19.5 Å². The van der Waals surface area contributed by atoms with Crippen LogP contribution >= 0.6 is 0 Å². The number of rotatable bonds is 1. The van der Waals surface area contributed by atoms with Crippen molar-refractivity contribution >= 4 is 0 Å². The summed E-state index contributed by atoms with van der Waals surface area (Å²) in [6, 6.07) is 6.97. The molecule has 1 N–H and O–H groups in total. The van der Waals surface area contributed by atoms with Crippen LogP contribution in [0.4, 0.5) is 4.39 Å². The van der Waals surface area contributed by atoms with Gasteiger partial charge in [-0.25, -0.2) is 4.39 Å². The second-order valence-corrected chi connectivity index (χ2v) is 5.41. The summed E-state index contributed by atoms with van der Waals surface area (Å²) in [6.07, 6.45) is 7.77. The number of halogens is 1. The second kappa shape index (κ2) is 4.36. The average Bonchev–Trinajstić information content (AvgIpc) is 2.40. The summed E-state index contributed by atoms with van der Waals surface area (Å²) in [6.45, 7) is 4.30. The van der Waals surface area contributed by atoms with Gasteiger partial charge in [0.2, 0.25) is 0 Å². The highest BCUT2D eigenvalue weighted by molar-refractivity contribution is 5.40. The maximum Gasteiger partial charge on any atom is 0.123 e. The third-order valence-electron chi connectivity index (χ3n) is 4.33. The number of hydrogen-bond donors (Lipinski definition) is 1. The third kappa shape index (κ3) is 1.81. The van der Waals surface area contributed by atoms with Crippen LogP contribution in [0.5, 0.6) is 0 Å². The van der Waals surface area contributed by atoms with Gasteiger partial charge in [-0.2, -0.15) is 0 Å². The van der Waals surface area contributed by atoms with Crippen LogP contribution in [0.1, 0.15) is 18.9 Å². The van der Waals surface area contributed by atoms with Crippen LogP contribution in [0.3, 0.4) is 0 Å². The van der Waals surface area contributed by atoms with Gasteiger partial charge in [-0.15, -0.1) is 0 Å². The lowest BCUT2D eigenvalue weighted by Crippen LogP contribution is -2.41. The van der Waals surface area contributed by atoms with E-state index in [4.69, 9.17) is 0 Å². The van der Waals surface area contributed by atoms with Gasteiger partial charge in [0.15, 0.2) is 0 Å². The van der Waals surface area contributed by atoms with Crippen LogP contribution in [0.25, 0.3) is 0 Å². The molecule has 2 heteroatoms. The van der Waals surface area contributed by atoms with E-state index in [1.54, 1.807) is 12.1 Å². The Labute approximate surface area is 107 Å². The minimum Gasteiger partial charge on any atom is -0.313 e. The Kier molecular flexibility index (Phi) is 2.83. The standard InChI is InChI=1S/C16H18FN/c1-16(13-4-6-14(17)7-5-13)9-2-3-12-11-18-10-8-15(12)16/h2-7,9,15,18H,8,10-11H2,1H3. The maximum absolute atomic E-state index is 13.1. The van der Waals surface area contributed by atoms with Gasteiger partial charge in [-0.3, -0.25) is 0 Å². The first-order chi connectivity index (χ1) is 8.70. The predicted molar refractivity (Wildman–Crippen MR) is 72.0 cm³/mol. The van der Waals surface area contributed by atoms with Gasteiger partial charge in [0.1, 0.15) is 5.82 Å². The van der Waals surface area contributed by atoms with Gasteiger partial charge in [0, 0.05) is 12.0 Å². The number of nitrogens with one attached hydrogen (secondary N) is 1. The number of hydrogen-bond acceptors (Lipinski definition) is 1. The molecule has 0 amide bonds. The highest BCUT2D eigenvalue weighted by atomic mass is 19.1. The monoisotopic (exact) mass is 243 g/mol. The van der Waals surface area contributed by atoms with Crippen molar-refractivity contribution in [2.45, 2.75) is 18.8 Å². The molecule has 1 heterocycles. The first-order valence-electron chi connectivity index (χ1n) is 6.55. The van der Waals surface area contributed by atoms with E-state index in [1.165, 1.54) is 11.1 Å². The fourth-order valence-electron chi connectivity index (χ4n) is 3.24. The van der Waals surface area contributed by atoms with Crippen LogP contribution in [-0.2, 0) is 5.41 Å². The fourth-order valence-corrected chi connectivity index (χ4v) is 3.24. The molecule has 0 radical (unpaired) electrons. The highest BCUT2D eigenvalue weighted by Crippen LogP contribution is 2.43. The molecular formula is C16H18FN. The molecule has 2 atom stereocenters. The molecule has 18 heavy (non-hydrogen) atoms. The molecule has 94 valence electrons. The van der Waals surface area contributed by atoms with Gasteiger partial charge in [0.25, 0.3) is 0 Å². The van der Waals surface area contributed by atoms with E-state index >= 15 is 0 Å². The molecule has 0 aromatic heterocycles. The Hall–Kier alpha value is -1.41. The zero-order valence-corrected chi connectivity index (χ0v) is 10.6. The summed E-state index contributed by atoms with van der Waals surface area (Å²) in [5.41, 5.74) is 2.67. The van der Waals surface area contributed by atoms with Gasteiger partial charge >= 0.3 is 0 Å². The summed E-state index contributed by atoms with van der Waals surface area (Å²) in [7, 11) is 0. The summed E-state index contributed by atoms with van der Waals surface area (Å²) in [5, 5.41) is 3.42. The quantitative estimate of drug-likeness (QED) is 0.798. The average molecular weight is 243 g/mol. The summed E-state index contributed by atoms with van der Waals surface area (Å²) in [5.74, 6) is 0.373. The van der Waals surface area contributed by atoms with Crippen LogP contribution in [0.2, 0.25) is 0 Å². The topological polar surface area (TPSA) is 12.0 Å². The minimum atomic E-state index is -0.164. The van der Waals surface area contributed by atoms with Crippen molar-refractivity contribution in [3.63, 3.8) is 0 Å². The van der Waals surface area contributed by atoms with Crippen molar-refractivity contribution in [2.24, 2.45) is 5.92 Å². The zero-order chi connectivity index (χ0) is 12.6. The lowest BCUT2D eigenvalue weighted by Gasteiger charge is -2.42. The maximum atomic E-state index is 13.1. The molecule has 0 saturated carbocycles. The molecule has 1 fully saturated rings. The Morgan fingerprint density at radius 3 is 2.83 bits per heavy atom. The summed E-state index contributed by atoms with van der Waals surface area (Å²) < 4.78 is 13.1. The Morgan fingerprint density at radius 1 is 1.28 bits per heavy atom. The van der Waals surface area contributed by atoms with Crippen molar-refractivity contribution in [2.75, 3.05) is 13.1 Å². The van der Waals surface area contributed by atoms with Gasteiger partial charge in [0.05, 0.1) is 0 Å². The first-order valence-corrected chi connectivity index (χ1v) is 6.55. The number of benzene rings is 1. The molecule has 1 nitrogen and oxygen atoms in total. The molecule has 1 aromatic carbocycles. The third-order valence-corrected chi connectivity index (χ3v) is 4.33. The van der Waals surface area contributed by atoms with Crippen molar-refractivity contribution in [3.05, 3.63) is 59.4 Å². The lowest BCUT2D eigenvalue weighted by molar-refractivity contribution is 0.339. The molecule has 1 aliphatic carbocycles. The highest BCUT2D eigenvalue weighted by Gasteiger charge is 2.38. The van der Waals surface area contributed by atoms with Crippen LogP contribution in [0.15, 0.2) is 48.1 Å². The van der Waals surface area contributed by atoms with Crippen LogP contribution in [-0.4, -0.2) is 13.1 Å². The molecular weight excluding hydrogens is 225 g/mol. The van der Waals surface area contributed by atoms with Crippen molar-refractivity contribution in [3.8, 4) is 0 Å². The number of fused-ring (bicyclic) bond motifs is 1. The Balaban J connectivity index is 2.01. The van der Waals surface area contributed by atoms with E-state index in [-0.39, 0.29) is 11.2 Å². The van der Waals surface area contributed by atoms with Crippen molar-refractivity contribution < 1.29 is 4.39 Å². The smallest absolute Gasteiger partial charge is 0.123 e. The number of allylic oxidation sites excluding steroid dienone is 3. The zero-order valence-electron chi connectivity index (χ0n) is 10.6. The first kappa shape index (κ1) is 11.7. The van der Waals surface area contributed by atoms with Crippen LogP contribution < -0.4 is 5.32 Å². The minimum absolute atomic E-state index is 0.000116. The lowest BCUT2D eigenvalue weighted by atomic mass is 9.64. The fraction of sp³-hybridized carbons (Fsp3) is 0.375. The van der Waals surface area contributed by atoms with E-state index in [9.17, 15) is 4.39 Å². The molecule has 0 bridgehead atoms. The predicted octanol–water partition coefficient (Wildman–Crippen LogP) is 3.19. The summed E-state index contributed by atoms with van der Waals surface area (Å²) in [4.78, 5) is 0. The molecule has 2 aliphatic rings. The number of piperidine rings is 1. The van der Waals surface area contributed by atoms with Gasteiger partial charge in [-0.05, 0) is 36.6 Å². The molecule has 0 spiro atoms. The normalized spacial score (nSPS) is 30.8. The van der Waals surface area contributed by atoms with Gasteiger partial charge in [-0.1, -0.05) is 42.9 Å². The summed E-state index contributed by atoms with van der Waals surface area (Å²) >= 11 is 0. The second-order valence-electron chi connectivity index (χ2n) is 5.41. The van der Waals surface area contributed by atoms with E-state index in [0.29, 0.717) is 5.92 Å². The van der Waals surface area contributed by atoms with E-state index in [2.05, 4.69) is 30.5 Å². The van der Waals surface area contributed by atoms with Crippen molar-refractivity contribution in [1.82, 2.24) is 5.32 Å². The van der Waals surface area contributed by atoms with Gasteiger partial charge < -0.3 is 5.32 Å². The SMILES string of the molecule is CC1(c2ccc(F)cc2)C=CC=C2CNCCC21. The molecule has 2 unspecified atom stereocenters.